The molecular weight excluding hydrogens is 527 g/mol. The highest BCUT2D eigenvalue weighted by Gasteiger charge is 2.19. The summed E-state index contributed by atoms with van der Waals surface area (Å²) in [6.45, 7) is 1.80. The molecular formula is C31H25FN4O5. The molecule has 1 unspecified atom stereocenters. The summed E-state index contributed by atoms with van der Waals surface area (Å²) < 4.78 is 26.6. The number of hydrogen-bond donors (Lipinski definition) is 2. The Kier molecular flexibility index (Phi) is 7.73. The number of carboxylic acid groups (broad SMARTS) is 1. The highest BCUT2D eigenvalue weighted by molar-refractivity contribution is 5.91. The van der Waals surface area contributed by atoms with Gasteiger partial charge in [0.15, 0.2) is 5.82 Å². The number of nitrogens with one attached hydrogen (secondary N) is 1. The summed E-state index contributed by atoms with van der Waals surface area (Å²) in [4.78, 5) is 24.0. The Labute approximate surface area is 234 Å². The zero-order valence-corrected chi connectivity index (χ0v) is 22.1. The predicted octanol–water partition coefficient (Wildman–Crippen LogP) is 7.09. The van der Waals surface area contributed by atoms with Crippen LogP contribution in [0.1, 0.15) is 28.9 Å². The predicted molar refractivity (Wildman–Crippen MR) is 150 cm³/mol. The molecule has 0 aliphatic heterocycles. The number of carbonyl (C=O) groups excluding carboxylic acids is 1. The second kappa shape index (κ2) is 11.7. The molecule has 4 aromatic carbocycles. The van der Waals surface area contributed by atoms with E-state index in [9.17, 15) is 19.1 Å². The summed E-state index contributed by atoms with van der Waals surface area (Å²) in [7, 11) is 1.67. The summed E-state index contributed by atoms with van der Waals surface area (Å²) >= 11 is 0. The van der Waals surface area contributed by atoms with E-state index < -0.39 is 29.5 Å². The standard InChI is InChI=1S/C31H25FN4O5/c1-19(20-7-4-3-5-8-20)40-31(39)33-29-28(34-35-36(29)2)23-13-11-21(12-14-23)22-15-17-24(18-16-22)41-26-10-6-9-25(32)27(26)30(37)38/h3-19H,1-2H3,(H,33,39)(H,37,38). The molecule has 2 N–H and O–H groups in total. The molecule has 0 saturated carbocycles. The van der Waals surface area contributed by atoms with Gasteiger partial charge in [-0.05, 0) is 47.9 Å². The molecule has 1 atom stereocenters. The Bertz CT molecular complexity index is 1690. The molecule has 1 aromatic heterocycles. The smallest absolute Gasteiger partial charge is 0.413 e. The number of anilines is 1. The molecule has 206 valence electrons. The van der Waals surface area contributed by atoms with Gasteiger partial charge in [-0.25, -0.2) is 18.7 Å². The van der Waals surface area contributed by atoms with Crippen molar-refractivity contribution in [3.05, 3.63) is 114 Å². The number of hydrogen-bond acceptors (Lipinski definition) is 6. The molecule has 0 bridgehead atoms. The molecule has 0 aliphatic rings. The first-order chi connectivity index (χ1) is 19.8. The number of benzene rings is 4. The molecule has 5 aromatic rings. The van der Waals surface area contributed by atoms with Crippen LogP contribution in [0.3, 0.4) is 0 Å². The molecule has 41 heavy (non-hydrogen) atoms. The van der Waals surface area contributed by atoms with E-state index in [1.807, 2.05) is 66.7 Å². The molecule has 9 nitrogen and oxygen atoms in total. The van der Waals surface area contributed by atoms with Crippen LogP contribution in [0.2, 0.25) is 0 Å². The number of amides is 1. The van der Waals surface area contributed by atoms with Crippen LogP contribution in [0, 0.1) is 5.82 Å². The SMILES string of the molecule is CC(OC(=O)Nc1c(-c2ccc(-c3ccc(Oc4cccc(F)c4C(=O)O)cc3)cc2)nnn1C)c1ccccc1. The Balaban J connectivity index is 1.28. The Morgan fingerprint density at radius 1 is 0.878 bits per heavy atom. The third-order valence-electron chi connectivity index (χ3n) is 6.36. The summed E-state index contributed by atoms with van der Waals surface area (Å²) in [6.07, 6.45) is -1.06. The Morgan fingerprint density at radius 2 is 1.51 bits per heavy atom. The van der Waals surface area contributed by atoms with Crippen LogP contribution >= 0.6 is 0 Å². The second-order valence-electron chi connectivity index (χ2n) is 9.12. The molecule has 5 rings (SSSR count). The van der Waals surface area contributed by atoms with Gasteiger partial charge in [0.2, 0.25) is 0 Å². The van der Waals surface area contributed by atoms with Gasteiger partial charge in [0.05, 0.1) is 0 Å². The minimum atomic E-state index is -1.41. The number of carbonyl (C=O) groups is 2. The van der Waals surface area contributed by atoms with Crippen LogP contribution in [0.5, 0.6) is 11.5 Å². The lowest BCUT2D eigenvalue weighted by molar-refractivity contribution is 0.0688. The highest BCUT2D eigenvalue weighted by Crippen LogP contribution is 2.31. The Hall–Kier alpha value is -5.51. The van der Waals surface area contributed by atoms with Crippen LogP contribution in [-0.4, -0.2) is 32.2 Å². The maximum Gasteiger partial charge on any atom is 0.413 e. The van der Waals surface area contributed by atoms with Crippen molar-refractivity contribution in [1.82, 2.24) is 15.0 Å². The van der Waals surface area contributed by atoms with E-state index in [4.69, 9.17) is 9.47 Å². The molecule has 0 saturated heterocycles. The quantitative estimate of drug-likeness (QED) is 0.211. The van der Waals surface area contributed by atoms with E-state index in [1.54, 1.807) is 26.1 Å². The van der Waals surface area contributed by atoms with E-state index >= 15 is 0 Å². The number of ether oxygens (including phenoxy) is 2. The number of carboxylic acids is 1. The molecule has 1 heterocycles. The van der Waals surface area contributed by atoms with E-state index in [0.29, 0.717) is 17.3 Å². The van der Waals surface area contributed by atoms with Crippen molar-refractivity contribution >= 4 is 17.9 Å². The number of aromatic nitrogens is 3. The highest BCUT2D eigenvalue weighted by atomic mass is 19.1. The van der Waals surface area contributed by atoms with Crippen molar-refractivity contribution in [3.8, 4) is 33.9 Å². The zero-order chi connectivity index (χ0) is 28.9. The van der Waals surface area contributed by atoms with Gasteiger partial charge in [0, 0.05) is 12.6 Å². The summed E-state index contributed by atoms with van der Waals surface area (Å²) in [5.41, 5.74) is 3.34. The van der Waals surface area contributed by atoms with Crippen molar-refractivity contribution in [3.63, 3.8) is 0 Å². The lowest BCUT2D eigenvalue weighted by Gasteiger charge is -2.14. The molecule has 1 amide bonds. The van der Waals surface area contributed by atoms with Gasteiger partial charge in [-0.3, -0.25) is 5.32 Å². The van der Waals surface area contributed by atoms with Crippen LogP contribution in [-0.2, 0) is 11.8 Å². The van der Waals surface area contributed by atoms with Crippen molar-refractivity contribution in [2.75, 3.05) is 5.32 Å². The van der Waals surface area contributed by atoms with Gasteiger partial charge in [0.1, 0.15) is 34.7 Å². The van der Waals surface area contributed by atoms with Crippen LogP contribution < -0.4 is 10.1 Å². The molecule has 0 radical (unpaired) electrons. The maximum atomic E-state index is 13.9. The first-order valence-corrected chi connectivity index (χ1v) is 12.6. The van der Waals surface area contributed by atoms with E-state index in [1.165, 1.54) is 16.8 Å². The Morgan fingerprint density at radius 3 is 2.17 bits per heavy atom. The summed E-state index contributed by atoms with van der Waals surface area (Å²) in [5.74, 6) is -1.60. The van der Waals surface area contributed by atoms with Crippen molar-refractivity contribution in [2.45, 2.75) is 13.0 Å². The lowest BCUT2D eigenvalue weighted by atomic mass is 10.0. The normalized spacial score (nSPS) is 11.5. The van der Waals surface area contributed by atoms with Crippen molar-refractivity contribution < 1.29 is 28.6 Å². The zero-order valence-electron chi connectivity index (χ0n) is 22.1. The largest absolute Gasteiger partial charge is 0.477 e. The fraction of sp³-hybridized carbons (Fsp3) is 0.0968. The third-order valence-corrected chi connectivity index (χ3v) is 6.36. The number of aryl methyl sites for hydroxylation is 1. The van der Waals surface area contributed by atoms with E-state index in [0.717, 1.165) is 28.3 Å². The van der Waals surface area contributed by atoms with Crippen LogP contribution in [0.15, 0.2) is 97.1 Å². The fourth-order valence-electron chi connectivity index (χ4n) is 4.23. The summed E-state index contributed by atoms with van der Waals surface area (Å²) in [5, 5.41) is 20.3. The lowest BCUT2D eigenvalue weighted by Crippen LogP contribution is -2.18. The average Bonchev–Trinajstić information content (AvgIpc) is 3.33. The van der Waals surface area contributed by atoms with Crippen molar-refractivity contribution in [2.24, 2.45) is 7.05 Å². The average molecular weight is 553 g/mol. The fourth-order valence-corrected chi connectivity index (χ4v) is 4.23. The van der Waals surface area contributed by atoms with Gasteiger partial charge in [-0.1, -0.05) is 78.0 Å². The third kappa shape index (κ3) is 6.06. The van der Waals surface area contributed by atoms with E-state index in [2.05, 4.69) is 15.6 Å². The molecule has 10 heteroatoms. The van der Waals surface area contributed by atoms with Gasteiger partial charge in [-0.2, -0.15) is 0 Å². The van der Waals surface area contributed by atoms with Gasteiger partial charge in [-0.15, -0.1) is 5.10 Å². The minimum absolute atomic E-state index is 0.0820. The topological polar surface area (TPSA) is 116 Å². The maximum absolute atomic E-state index is 13.9. The molecule has 0 fully saturated rings. The van der Waals surface area contributed by atoms with Crippen molar-refractivity contribution in [1.29, 1.82) is 0 Å². The van der Waals surface area contributed by atoms with Gasteiger partial charge in [0.25, 0.3) is 0 Å². The number of aromatic carboxylic acids is 1. The number of rotatable bonds is 8. The van der Waals surface area contributed by atoms with Crippen LogP contribution in [0.25, 0.3) is 22.4 Å². The first kappa shape index (κ1) is 27.1. The summed E-state index contributed by atoms with van der Waals surface area (Å²) in [6, 6.07) is 27.8. The van der Waals surface area contributed by atoms with Crippen LogP contribution in [0.4, 0.5) is 15.0 Å². The van der Waals surface area contributed by atoms with Gasteiger partial charge >= 0.3 is 12.1 Å². The van der Waals surface area contributed by atoms with E-state index in [-0.39, 0.29) is 5.75 Å². The number of halogens is 1. The minimum Gasteiger partial charge on any atom is -0.477 e. The molecule has 0 spiro atoms. The molecule has 0 aliphatic carbocycles. The van der Waals surface area contributed by atoms with Gasteiger partial charge < -0.3 is 14.6 Å². The second-order valence-corrected chi connectivity index (χ2v) is 9.12. The number of nitrogens with zero attached hydrogens (tertiary/aromatic N) is 3. The first-order valence-electron chi connectivity index (χ1n) is 12.6. The monoisotopic (exact) mass is 552 g/mol.